The van der Waals surface area contributed by atoms with Crippen molar-refractivity contribution in [2.24, 2.45) is 0 Å². The molecule has 0 saturated heterocycles. The minimum atomic E-state index is 0.0942. The highest BCUT2D eigenvalue weighted by atomic mass is 32.2. The highest BCUT2D eigenvalue weighted by Crippen LogP contribution is 2.24. The van der Waals surface area contributed by atoms with Crippen LogP contribution in [-0.4, -0.2) is 34.4 Å². The zero-order chi connectivity index (χ0) is 15.3. The number of fused-ring (bicyclic) bond motifs is 1. The molecule has 0 saturated carbocycles. The summed E-state index contributed by atoms with van der Waals surface area (Å²) in [5.74, 6) is 1.03. The molecule has 4 nitrogen and oxygen atoms in total. The van der Waals surface area contributed by atoms with Gasteiger partial charge in [0.2, 0.25) is 0 Å². The van der Waals surface area contributed by atoms with E-state index in [2.05, 4.69) is 48.8 Å². The molecule has 2 aromatic rings. The topological polar surface area (TPSA) is 38.6 Å². The molecular weight excluding hydrogens is 282 g/mol. The fourth-order valence-electron chi connectivity index (χ4n) is 2.02. The molecule has 0 fully saturated rings. The van der Waals surface area contributed by atoms with Crippen LogP contribution in [0.4, 0.5) is 0 Å². The van der Waals surface area contributed by atoms with Gasteiger partial charge in [0.25, 0.3) is 0 Å². The van der Waals surface area contributed by atoms with Crippen molar-refractivity contribution in [1.82, 2.24) is 14.7 Å². The van der Waals surface area contributed by atoms with Gasteiger partial charge in [0.05, 0.1) is 5.69 Å². The van der Waals surface area contributed by atoms with Crippen LogP contribution in [0.25, 0.3) is 5.65 Å². The number of methoxy groups -OCH3 is 1. The molecule has 5 heteroatoms. The summed E-state index contributed by atoms with van der Waals surface area (Å²) in [5.41, 5.74) is 2.34. The number of imidazole rings is 1. The first-order valence-electron chi connectivity index (χ1n) is 7.34. The predicted octanol–water partition coefficient (Wildman–Crippen LogP) is 3.35. The quantitative estimate of drug-likeness (QED) is 0.629. The number of pyridine rings is 1. The maximum atomic E-state index is 5.11. The Balaban J connectivity index is 2.17. The van der Waals surface area contributed by atoms with Crippen molar-refractivity contribution in [3.05, 3.63) is 30.1 Å². The van der Waals surface area contributed by atoms with Crippen molar-refractivity contribution < 1.29 is 4.74 Å². The molecule has 0 aliphatic rings. The molecule has 0 bridgehead atoms. The number of hydrogen-bond donors (Lipinski definition) is 1. The first-order chi connectivity index (χ1) is 10.0. The van der Waals surface area contributed by atoms with Gasteiger partial charge in [0, 0.05) is 37.8 Å². The number of nitrogens with one attached hydrogen (secondary N) is 1. The Labute approximate surface area is 131 Å². The minimum absolute atomic E-state index is 0.0942. The zero-order valence-corrected chi connectivity index (χ0v) is 14.2. The number of thioether (sulfide) groups is 1. The lowest BCUT2D eigenvalue weighted by molar-refractivity contribution is 0.200. The van der Waals surface area contributed by atoms with Crippen molar-refractivity contribution >= 4 is 17.4 Å². The smallest absolute Gasteiger partial charge is 0.138 e. The van der Waals surface area contributed by atoms with Crippen LogP contribution in [0.15, 0.2) is 29.4 Å². The van der Waals surface area contributed by atoms with E-state index in [1.807, 2.05) is 17.8 Å². The summed E-state index contributed by atoms with van der Waals surface area (Å²) in [7, 11) is 1.74. The zero-order valence-electron chi connectivity index (χ0n) is 13.3. The van der Waals surface area contributed by atoms with E-state index in [0.29, 0.717) is 0 Å². The average Bonchev–Trinajstić information content (AvgIpc) is 2.78. The Bertz CT molecular complexity index is 574. The summed E-state index contributed by atoms with van der Waals surface area (Å²) < 4.78 is 7.29. The minimum Gasteiger partial charge on any atom is -0.385 e. The van der Waals surface area contributed by atoms with Crippen LogP contribution in [0.3, 0.4) is 0 Å². The third-order valence-corrected chi connectivity index (χ3v) is 4.20. The van der Waals surface area contributed by atoms with Crippen LogP contribution in [0.2, 0.25) is 0 Å². The molecule has 0 radical (unpaired) electrons. The lowest BCUT2D eigenvalue weighted by Gasteiger charge is -2.20. The SMILES string of the molecule is COCCCSc1nc2ccccn2c1CNC(C)(C)C. The molecule has 2 heterocycles. The molecule has 0 aliphatic heterocycles. The third kappa shape index (κ3) is 4.73. The molecule has 1 N–H and O–H groups in total. The van der Waals surface area contributed by atoms with Crippen molar-refractivity contribution in [3.8, 4) is 0 Å². The molecule has 2 aromatic heterocycles. The Morgan fingerprint density at radius 3 is 2.86 bits per heavy atom. The van der Waals surface area contributed by atoms with Gasteiger partial charge in [-0.2, -0.15) is 0 Å². The second kappa shape index (κ2) is 7.29. The third-order valence-electron chi connectivity index (χ3n) is 3.11. The van der Waals surface area contributed by atoms with Gasteiger partial charge in [-0.3, -0.25) is 0 Å². The summed E-state index contributed by atoms with van der Waals surface area (Å²) in [4.78, 5) is 4.76. The van der Waals surface area contributed by atoms with Gasteiger partial charge in [-0.05, 0) is 39.3 Å². The molecule has 0 aliphatic carbocycles. The lowest BCUT2D eigenvalue weighted by atomic mass is 10.1. The van der Waals surface area contributed by atoms with E-state index >= 15 is 0 Å². The molecule has 0 spiro atoms. The lowest BCUT2D eigenvalue weighted by Crippen LogP contribution is -2.35. The van der Waals surface area contributed by atoms with Crippen molar-refractivity contribution in [2.75, 3.05) is 19.5 Å². The van der Waals surface area contributed by atoms with E-state index < -0.39 is 0 Å². The van der Waals surface area contributed by atoms with E-state index in [0.717, 1.165) is 36.0 Å². The summed E-state index contributed by atoms with van der Waals surface area (Å²) in [5, 5.41) is 4.68. The Kier molecular flexibility index (Phi) is 5.67. The number of hydrogen-bond acceptors (Lipinski definition) is 4. The summed E-state index contributed by atoms with van der Waals surface area (Å²) in [6.45, 7) is 8.17. The fourth-order valence-corrected chi connectivity index (χ4v) is 2.97. The van der Waals surface area contributed by atoms with Gasteiger partial charge in [0.15, 0.2) is 0 Å². The van der Waals surface area contributed by atoms with E-state index in [1.165, 1.54) is 5.69 Å². The Morgan fingerprint density at radius 1 is 1.33 bits per heavy atom. The molecule has 0 aromatic carbocycles. The monoisotopic (exact) mass is 307 g/mol. The van der Waals surface area contributed by atoms with E-state index in [4.69, 9.17) is 9.72 Å². The van der Waals surface area contributed by atoms with Crippen LogP contribution in [-0.2, 0) is 11.3 Å². The van der Waals surface area contributed by atoms with Gasteiger partial charge in [-0.1, -0.05) is 6.07 Å². The molecule has 116 valence electrons. The number of rotatable bonds is 7. The first-order valence-corrected chi connectivity index (χ1v) is 8.32. The molecule has 21 heavy (non-hydrogen) atoms. The van der Waals surface area contributed by atoms with Gasteiger partial charge in [0.1, 0.15) is 10.7 Å². The molecule has 0 atom stereocenters. The van der Waals surface area contributed by atoms with Crippen molar-refractivity contribution in [2.45, 2.75) is 44.3 Å². The maximum absolute atomic E-state index is 5.11. The standard InChI is InChI=1S/C16H25N3OS/c1-16(2,3)17-12-13-15(21-11-7-10-20-4)18-14-8-5-6-9-19(13)14/h5-6,8-9,17H,7,10-12H2,1-4H3. The second-order valence-electron chi connectivity index (χ2n) is 6.09. The molecule has 0 unspecified atom stereocenters. The first kappa shape index (κ1) is 16.3. The van der Waals surface area contributed by atoms with Crippen LogP contribution in [0, 0.1) is 0 Å². The van der Waals surface area contributed by atoms with Crippen molar-refractivity contribution in [3.63, 3.8) is 0 Å². The van der Waals surface area contributed by atoms with E-state index in [1.54, 1.807) is 7.11 Å². The van der Waals surface area contributed by atoms with Crippen LogP contribution in [0.5, 0.6) is 0 Å². The summed E-state index contributed by atoms with van der Waals surface area (Å²) in [6, 6.07) is 6.14. The van der Waals surface area contributed by atoms with Crippen LogP contribution < -0.4 is 5.32 Å². The highest BCUT2D eigenvalue weighted by molar-refractivity contribution is 7.99. The largest absolute Gasteiger partial charge is 0.385 e. The van der Waals surface area contributed by atoms with Gasteiger partial charge >= 0.3 is 0 Å². The molecule has 0 amide bonds. The second-order valence-corrected chi connectivity index (χ2v) is 7.17. The number of aromatic nitrogens is 2. The summed E-state index contributed by atoms with van der Waals surface area (Å²) >= 11 is 1.81. The highest BCUT2D eigenvalue weighted by Gasteiger charge is 2.15. The van der Waals surface area contributed by atoms with Gasteiger partial charge in [-0.25, -0.2) is 4.98 Å². The van der Waals surface area contributed by atoms with E-state index in [-0.39, 0.29) is 5.54 Å². The normalized spacial score (nSPS) is 12.2. The Hall–Kier alpha value is -1.04. The Morgan fingerprint density at radius 2 is 2.14 bits per heavy atom. The molecule has 2 rings (SSSR count). The number of nitrogens with zero attached hydrogens (tertiary/aromatic N) is 2. The summed E-state index contributed by atoms with van der Waals surface area (Å²) in [6.07, 6.45) is 3.13. The fraction of sp³-hybridized carbons (Fsp3) is 0.562. The predicted molar refractivity (Wildman–Crippen MR) is 89.0 cm³/mol. The number of ether oxygens (including phenoxy) is 1. The average molecular weight is 307 g/mol. The van der Waals surface area contributed by atoms with Gasteiger partial charge < -0.3 is 14.5 Å². The van der Waals surface area contributed by atoms with Gasteiger partial charge in [-0.15, -0.1) is 11.8 Å². The maximum Gasteiger partial charge on any atom is 0.138 e. The van der Waals surface area contributed by atoms with Crippen molar-refractivity contribution in [1.29, 1.82) is 0 Å². The molecular formula is C16H25N3OS. The van der Waals surface area contributed by atoms with E-state index in [9.17, 15) is 0 Å². The van der Waals surface area contributed by atoms with Crippen LogP contribution in [0.1, 0.15) is 32.9 Å². The van der Waals surface area contributed by atoms with Crippen LogP contribution >= 0.6 is 11.8 Å².